The highest BCUT2D eigenvalue weighted by atomic mass is 35.5. The molecule has 0 aliphatic heterocycles. The van der Waals surface area contributed by atoms with E-state index in [4.69, 9.17) is 28.5 Å². The number of nitrogens with zero attached hydrogens (tertiary/aromatic N) is 1. The van der Waals surface area contributed by atoms with Gasteiger partial charge in [0.1, 0.15) is 11.9 Å². The van der Waals surface area contributed by atoms with Crippen LogP contribution >= 0.6 is 23.2 Å². The first-order valence-electron chi connectivity index (χ1n) is 4.78. The number of halogens is 3. The van der Waals surface area contributed by atoms with Crippen molar-refractivity contribution in [3.8, 4) is 17.2 Å². The third-order valence-corrected chi connectivity index (χ3v) is 3.19. The van der Waals surface area contributed by atoms with Crippen LogP contribution in [-0.2, 0) is 0 Å². The zero-order valence-electron chi connectivity index (χ0n) is 8.55. The number of rotatable bonds is 1. The van der Waals surface area contributed by atoms with Crippen LogP contribution in [0.5, 0.6) is 0 Å². The molecule has 0 saturated heterocycles. The van der Waals surface area contributed by atoms with E-state index in [1.165, 1.54) is 12.1 Å². The lowest BCUT2D eigenvalue weighted by atomic mass is 10.00. The van der Waals surface area contributed by atoms with Crippen LogP contribution in [0.25, 0.3) is 11.1 Å². The summed E-state index contributed by atoms with van der Waals surface area (Å²) in [6.07, 6.45) is 0. The number of hydrogen-bond acceptors (Lipinski definition) is 1. The van der Waals surface area contributed by atoms with Gasteiger partial charge in [0.2, 0.25) is 0 Å². The van der Waals surface area contributed by atoms with E-state index in [0.29, 0.717) is 21.2 Å². The van der Waals surface area contributed by atoms with Crippen LogP contribution in [-0.4, -0.2) is 0 Å². The van der Waals surface area contributed by atoms with Crippen molar-refractivity contribution in [3.63, 3.8) is 0 Å². The second kappa shape index (κ2) is 4.75. The highest BCUT2D eigenvalue weighted by molar-refractivity contribution is 6.43. The van der Waals surface area contributed by atoms with Crippen molar-refractivity contribution in [2.45, 2.75) is 0 Å². The molecule has 84 valence electrons. The topological polar surface area (TPSA) is 23.8 Å². The lowest BCUT2D eigenvalue weighted by Crippen LogP contribution is -1.90. The van der Waals surface area contributed by atoms with Gasteiger partial charge in [-0.05, 0) is 12.1 Å². The molecule has 1 nitrogen and oxygen atoms in total. The van der Waals surface area contributed by atoms with Crippen molar-refractivity contribution in [3.05, 3.63) is 57.8 Å². The Hall–Kier alpha value is -1.56. The fourth-order valence-electron chi connectivity index (χ4n) is 1.57. The minimum Gasteiger partial charge on any atom is -0.206 e. The Balaban J connectivity index is 2.74. The molecule has 2 aromatic rings. The average molecular weight is 266 g/mol. The Morgan fingerprint density at radius 3 is 2.35 bits per heavy atom. The maximum atomic E-state index is 13.5. The van der Waals surface area contributed by atoms with E-state index in [1.807, 2.05) is 6.07 Å². The minimum atomic E-state index is -0.568. The minimum absolute atomic E-state index is 0.0309. The van der Waals surface area contributed by atoms with Crippen molar-refractivity contribution in [1.29, 1.82) is 5.26 Å². The molecule has 0 aliphatic rings. The zero-order valence-corrected chi connectivity index (χ0v) is 10.1. The first-order valence-corrected chi connectivity index (χ1v) is 5.53. The largest absolute Gasteiger partial charge is 0.206 e. The lowest BCUT2D eigenvalue weighted by molar-refractivity contribution is 0.624. The molecule has 0 aliphatic carbocycles. The zero-order chi connectivity index (χ0) is 12.4. The van der Waals surface area contributed by atoms with E-state index in [0.717, 1.165) is 0 Å². The molecule has 0 bridgehead atoms. The number of hydrogen-bond donors (Lipinski definition) is 0. The predicted octanol–water partition coefficient (Wildman–Crippen LogP) is 4.67. The van der Waals surface area contributed by atoms with Crippen molar-refractivity contribution in [2.75, 3.05) is 0 Å². The summed E-state index contributed by atoms with van der Waals surface area (Å²) < 4.78 is 13.5. The fourth-order valence-corrected chi connectivity index (χ4v) is 1.98. The van der Waals surface area contributed by atoms with Gasteiger partial charge in [0.05, 0.1) is 15.6 Å². The third kappa shape index (κ3) is 2.12. The van der Waals surface area contributed by atoms with Gasteiger partial charge in [-0.2, -0.15) is 5.26 Å². The van der Waals surface area contributed by atoms with Crippen LogP contribution in [0.15, 0.2) is 36.4 Å². The third-order valence-electron chi connectivity index (χ3n) is 2.37. The van der Waals surface area contributed by atoms with E-state index in [9.17, 15) is 4.39 Å². The molecule has 4 heteroatoms. The molecule has 0 spiro atoms. The molecule has 0 heterocycles. The van der Waals surface area contributed by atoms with Crippen LogP contribution in [0, 0.1) is 17.1 Å². The first kappa shape index (κ1) is 11.9. The summed E-state index contributed by atoms with van der Waals surface area (Å²) in [5.41, 5.74) is 0.965. The van der Waals surface area contributed by atoms with Gasteiger partial charge in [0.25, 0.3) is 0 Å². The van der Waals surface area contributed by atoms with Crippen molar-refractivity contribution >= 4 is 23.2 Å². The SMILES string of the molecule is N#Cc1c(F)cccc1-c1cccc(Cl)c1Cl. The molecule has 2 aromatic carbocycles. The molecule has 0 amide bonds. The summed E-state index contributed by atoms with van der Waals surface area (Å²) in [4.78, 5) is 0. The Kier molecular flexibility index (Phi) is 3.33. The molecule has 0 radical (unpaired) electrons. The predicted molar refractivity (Wildman–Crippen MR) is 66.6 cm³/mol. The van der Waals surface area contributed by atoms with Crippen LogP contribution in [0.1, 0.15) is 5.56 Å². The molecule has 2 rings (SSSR count). The Morgan fingerprint density at radius 1 is 1.00 bits per heavy atom. The molecular formula is C13H6Cl2FN. The summed E-state index contributed by atoms with van der Waals surface area (Å²) in [7, 11) is 0. The molecular weight excluding hydrogens is 260 g/mol. The molecule has 0 fully saturated rings. The van der Waals surface area contributed by atoms with Gasteiger partial charge >= 0.3 is 0 Å². The molecule has 0 N–H and O–H groups in total. The van der Waals surface area contributed by atoms with Crippen molar-refractivity contribution < 1.29 is 4.39 Å². The van der Waals surface area contributed by atoms with E-state index >= 15 is 0 Å². The molecule has 17 heavy (non-hydrogen) atoms. The molecule has 0 aromatic heterocycles. The van der Waals surface area contributed by atoms with Gasteiger partial charge in [-0.1, -0.05) is 47.5 Å². The van der Waals surface area contributed by atoms with Gasteiger partial charge in [-0.3, -0.25) is 0 Å². The number of benzene rings is 2. The van der Waals surface area contributed by atoms with Crippen LogP contribution in [0.2, 0.25) is 10.0 Å². The van der Waals surface area contributed by atoms with E-state index in [1.54, 1.807) is 24.3 Å². The quantitative estimate of drug-likeness (QED) is 0.735. The summed E-state index contributed by atoms with van der Waals surface area (Å²) in [6, 6.07) is 11.3. The van der Waals surface area contributed by atoms with Crippen LogP contribution < -0.4 is 0 Å². The Morgan fingerprint density at radius 2 is 1.65 bits per heavy atom. The first-order chi connectivity index (χ1) is 8.15. The molecule has 0 atom stereocenters. The second-order valence-corrected chi connectivity index (χ2v) is 4.16. The van der Waals surface area contributed by atoms with Crippen molar-refractivity contribution in [2.24, 2.45) is 0 Å². The lowest BCUT2D eigenvalue weighted by Gasteiger charge is -2.08. The van der Waals surface area contributed by atoms with E-state index < -0.39 is 5.82 Å². The smallest absolute Gasteiger partial charge is 0.141 e. The van der Waals surface area contributed by atoms with Gasteiger partial charge in [0.15, 0.2) is 0 Å². The highest BCUT2D eigenvalue weighted by Gasteiger charge is 2.13. The highest BCUT2D eigenvalue weighted by Crippen LogP contribution is 2.35. The van der Waals surface area contributed by atoms with Crippen LogP contribution in [0.3, 0.4) is 0 Å². The van der Waals surface area contributed by atoms with Gasteiger partial charge < -0.3 is 0 Å². The molecule has 0 saturated carbocycles. The number of nitriles is 1. The summed E-state index contributed by atoms with van der Waals surface area (Å²) in [6.45, 7) is 0. The fraction of sp³-hybridized carbons (Fsp3) is 0. The van der Waals surface area contributed by atoms with Gasteiger partial charge in [0, 0.05) is 11.1 Å². The average Bonchev–Trinajstić information content (AvgIpc) is 2.32. The molecule has 0 unspecified atom stereocenters. The monoisotopic (exact) mass is 265 g/mol. The Bertz CT molecular complexity index is 617. The summed E-state index contributed by atoms with van der Waals surface area (Å²) in [5.74, 6) is -0.568. The normalized spacial score (nSPS) is 10.0. The van der Waals surface area contributed by atoms with Crippen LogP contribution in [0.4, 0.5) is 4.39 Å². The van der Waals surface area contributed by atoms with Gasteiger partial charge in [-0.25, -0.2) is 4.39 Å². The Labute approximate surface area is 108 Å². The maximum Gasteiger partial charge on any atom is 0.141 e. The summed E-state index contributed by atoms with van der Waals surface area (Å²) >= 11 is 11.9. The summed E-state index contributed by atoms with van der Waals surface area (Å²) in [5, 5.41) is 9.64. The van der Waals surface area contributed by atoms with Crippen molar-refractivity contribution in [1.82, 2.24) is 0 Å². The maximum absolute atomic E-state index is 13.5. The second-order valence-electron chi connectivity index (χ2n) is 3.38. The van der Waals surface area contributed by atoms with E-state index in [-0.39, 0.29) is 5.56 Å². The standard InChI is InChI=1S/C13H6Cl2FN/c14-11-5-1-4-9(13(11)15)8-3-2-6-12(16)10(8)7-17/h1-6H. The van der Waals surface area contributed by atoms with E-state index in [2.05, 4.69) is 0 Å². The van der Waals surface area contributed by atoms with Gasteiger partial charge in [-0.15, -0.1) is 0 Å².